The molecule has 7 heteroatoms. The van der Waals surface area contributed by atoms with E-state index in [-0.39, 0.29) is 42.5 Å². The van der Waals surface area contributed by atoms with E-state index in [1.165, 1.54) is 0 Å². The molecule has 0 radical (unpaired) electrons. The molecule has 0 heterocycles. The van der Waals surface area contributed by atoms with E-state index >= 15 is 0 Å². The summed E-state index contributed by atoms with van der Waals surface area (Å²) >= 11 is 0. The molecule has 7 nitrogen and oxygen atoms in total. The number of hydrogen-bond acceptors (Lipinski definition) is 6. The SMILES string of the molecule is COC(C)CCC(CCCCCCCCCC(=O)CC(=O)c1ccccc1)OC(=O)CC(=O)Nc1ccccc1. The Morgan fingerprint density at radius 2 is 1.32 bits per heavy atom. The maximum absolute atomic E-state index is 12.4. The zero-order valence-corrected chi connectivity index (χ0v) is 24.1. The van der Waals surface area contributed by atoms with Gasteiger partial charge in [0, 0.05) is 24.8 Å². The molecule has 2 aromatic carbocycles. The predicted molar refractivity (Wildman–Crippen MR) is 157 cm³/mol. The average Bonchev–Trinajstić information content (AvgIpc) is 2.95. The van der Waals surface area contributed by atoms with E-state index in [1.54, 1.807) is 43.5 Å². The van der Waals surface area contributed by atoms with Crippen molar-refractivity contribution in [2.45, 2.75) is 103 Å². The highest BCUT2D eigenvalue weighted by Crippen LogP contribution is 2.18. The number of unbranched alkanes of at least 4 members (excludes halogenated alkanes) is 6. The smallest absolute Gasteiger partial charge is 0.315 e. The van der Waals surface area contributed by atoms with Crippen molar-refractivity contribution in [3.05, 3.63) is 66.2 Å². The third-order valence-electron chi connectivity index (χ3n) is 6.89. The second-order valence-electron chi connectivity index (χ2n) is 10.3. The first-order chi connectivity index (χ1) is 19.4. The Kier molecular flexibility index (Phi) is 16.2. The summed E-state index contributed by atoms with van der Waals surface area (Å²) < 4.78 is 11.0. The van der Waals surface area contributed by atoms with Crippen LogP contribution in [0.5, 0.6) is 0 Å². The summed E-state index contributed by atoms with van der Waals surface area (Å²) in [6.07, 6.45) is 9.18. The fourth-order valence-corrected chi connectivity index (χ4v) is 4.46. The van der Waals surface area contributed by atoms with Gasteiger partial charge in [-0.15, -0.1) is 0 Å². The van der Waals surface area contributed by atoms with Crippen LogP contribution in [0, 0.1) is 0 Å². The van der Waals surface area contributed by atoms with E-state index in [0.29, 0.717) is 24.1 Å². The molecule has 0 aliphatic carbocycles. The van der Waals surface area contributed by atoms with Gasteiger partial charge < -0.3 is 14.8 Å². The van der Waals surface area contributed by atoms with E-state index < -0.39 is 5.97 Å². The van der Waals surface area contributed by atoms with Crippen LogP contribution in [0.1, 0.15) is 101 Å². The van der Waals surface area contributed by atoms with Crippen LogP contribution in [0.3, 0.4) is 0 Å². The molecule has 2 atom stereocenters. The zero-order valence-electron chi connectivity index (χ0n) is 24.1. The summed E-state index contributed by atoms with van der Waals surface area (Å²) in [5.74, 6) is -0.996. The Morgan fingerprint density at radius 1 is 0.725 bits per heavy atom. The lowest BCUT2D eigenvalue weighted by Crippen LogP contribution is -2.24. The maximum Gasteiger partial charge on any atom is 0.315 e. The van der Waals surface area contributed by atoms with Gasteiger partial charge in [0.1, 0.15) is 18.3 Å². The number of benzene rings is 2. The molecule has 218 valence electrons. The predicted octanol–water partition coefficient (Wildman–Crippen LogP) is 7.10. The van der Waals surface area contributed by atoms with Gasteiger partial charge in [0.05, 0.1) is 12.5 Å². The highest BCUT2D eigenvalue weighted by Gasteiger charge is 2.18. The minimum Gasteiger partial charge on any atom is -0.462 e. The van der Waals surface area contributed by atoms with Gasteiger partial charge in [-0.1, -0.05) is 80.6 Å². The van der Waals surface area contributed by atoms with Crippen LogP contribution in [0.2, 0.25) is 0 Å². The number of ether oxygens (including phenoxy) is 2. The normalized spacial score (nSPS) is 12.3. The average molecular weight is 552 g/mol. The van der Waals surface area contributed by atoms with E-state index in [2.05, 4.69) is 5.32 Å². The molecule has 0 saturated carbocycles. The summed E-state index contributed by atoms with van der Waals surface area (Å²) in [5.41, 5.74) is 1.24. The van der Waals surface area contributed by atoms with Crippen LogP contribution in [-0.4, -0.2) is 42.8 Å². The Labute approximate surface area is 239 Å². The fourth-order valence-electron chi connectivity index (χ4n) is 4.46. The molecular formula is C33H45NO6. The van der Waals surface area contributed by atoms with Gasteiger partial charge in [-0.2, -0.15) is 0 Å². The van der Waals surface area contributed by atoms with Crippen molar-refractivity contribution in [1.29, 1.82) is 0 Å². The second kappa shape index (κ2) is 19.7. The van der Waals surface area contributed by atoms with Gasteiger partial charge in [-0.25, -0.2) is 0 Å². The third-order valence-corrected chi connectivity index (χ3v) is 6.89. The summed E-state index contributed by atoms with van der Waals surface area (Å²) in [6.45, 7) is 1.99. The standard InChI is InChI=1S/C33H45NO6/c1-26(39-2)22-23-30(40-33(38)25-32(37)34-28-18-12-9-13-19-28)21-15-7-5-3-4-6-14-20-29(35)24-31(36)27-16-10-8-11-17-27/h8-13,16-19,26,30H,3-7,14-15,20-25H2,1-2H3,(H,34,37). The first-order valence-electron chi connectivity index (χ1n) is 14.5. The Bertz CT molecular complexity index is 1020. The van der Waals surface area contributed by atoms with E-state index in [9.17, 15) is 19.2 Å². The largest absolute Gasteiger partial charge is 0.462 e. The summed E-state index contributed by atoms with van der Waals surface area (Å²) in [7, 11) is 1.67. The first kappa shape index (κ1) is 32.9. The minimum absolute atomic E-state index is 0.00906. The number of ketones is 2. The third kappa shape index (κ3) is 14.7. The quantitative estimate of drug-likeness (QED) is 0.0769. The van der Waals surface area contributed by atoms with Gasteiger partial charge in [0.2, 0.25) is 5.91 Å². The maximum atomic E-state index is 12.4. The summed E-state index contributed by atoms with van der Waals surface area (Å²) in [4.78, 5) is 48.9. The second-order valence-corrected chi connectivity index (χ2v) is 10.3. The van der Waals surface area contributed by atoms with Crippen molar-refractivity contribution in [3.8, 4) is 0 Å². The number of para-hydroxylation sites is 1. The molecule has 0 aliphatic heterocycles. The number of amides is 1. The fraction of sp³-hybridized carbons (Fsp3) is 0.515. The zero-order chi connectivity index (χ0) is 29.0. The Morgan fingerprint density at radius 3 is 1.98 bits per heavy atom. The first-order valence-corrected chi connectivity index (χ1v) is 14.5. The van der Waals surface area contributed by atoms with Gasteiger partial charge >= 0.3 is 5.97 Å². The van der Waals surface area contributed by atoms with Crippen molar-refractivity contribution in [1.82, 2.24) is 0 Å². The van der Waals surface area contributed by atoms with Crippen molar-refractivity contribution >= 4 is 29.1 Å². The van der Waals surface area contributed by atoms with Crippen LogP contribution in [0.4, 0.5) is 5.69 Å². The highest BCUT2D eigenvalue weighted by atomic mass is 16.5. The molecule has 0 aromatic heterocycles. The van der Waals surface area contributed by atoms with Crippen LogP contribution >= 0.6 is 0 Å². The lowest BCUT2D eigenvalue weighted by atomic mass is 10.0. The molecule has 0 bridgehead atoms. The summed E-state index contributed by atoms with van der Waals surface area (Å²) in [5, 5.41) is 2.71. The summed E-state index contributed by atoms with van der Waals surface area (Å²) in [6, 6.07) is 18.0. The molecule has 2 rings (SSSR count). The molecule has 1 amide bonds. The number of rotatable bonds is 21. The number of nitrogens with one attached hydrogen (secondary N) is 1. The number of anilines is 1. The molecule has 40 heavy (non-hydrogen) atoms. The topological polar surface area (TPSA) is 98.8 Å². The van der Waals surface area contributed by atoms with Crippen molar-refractivity contribution in [2.24, 2.45) is 0 Å². The minimum atomic E-state index is -0.511. The highest BCUT2D eigenvalue weighted by molar-refractivity contribution is 6.07. The number of esters is 1. The van der Waals surface area contributed by atoms with Crippen LogP contribution < -0.4 is 5.32 Å². The van der Waals surface area contributed by atoms with E-state index in [4.69, 9.17) is 9.47 Å². The Hall–Kier alpha value is -3.32. The van der Waals surface area contributed by atoms with Gasteiger partial charge in [0.25, 0.3) is 0 Å². The molecule has 0 spiro atoms. The number of hydrogen-bond donors (Lipinski definition) is 1. The van der Waals surface area contributed by atoms with Crippen LogP contribution in [-0.2, 0) is 23.9 Å². The van der Waals surface area contributed by atoms with E-state index in [1.807, 2.05) is 31.2 Å². The van der Waals surface area contributed by atoms with Crippen molar-refractivity contribution in [2.75, 3.05) is 12.4 Å². The number of carbonyl (C=O) groups is 4. The molecule has 2 aromatic rings. The van der Waals surface area contributed by atoms with Gasteiger partial charge in [0.15, 0.2) is 5.78 Å². The Balaban J connectivity index is 1.59. The van der Waals surface area contributed by atoms with Crippen molar-refractivity contribution < 1.29 is 28.7 Å². The number of methoxy groups -OCH3 is 1. The molecular weight excluding hydrogens is 506 g/mol. The number of carbonyl (C=O) groups excluding carboxylic acids is 4. The molecule has 0 fully saturated rings. The van der Waals surface area contributed by atoms with Crippen LogP contribution in [0.25, 0.3) is 0 Å². The molecule has 0 saturated heterocycles. The van der Waals surface area contributed by atoms with Gasteiger partial charge in [-0.05, 0) is 51.2 Å². The van der Waals surface area contributed by atoms with E-state index in [0.717, 1.165) is 57.8 Å². The van der Waals surface area contributed by atoms with Gasteiger partial charge in [-0.3, -0.25) is 19.2 Å². The number of Topliss-reactive ketones (excluding diaryl/α,β-unsaturated/α-hetero) is 2. The molecule has 2 unspecified atom stereocenters. The van der Waals surface area contributed by atoms with Crippen molar-refractivity contribution in [3.63, 3.8) is 0 Å². The monoisotopic (exact) mass is 551 g/mol. The van der Waals surface area contributed by atoms with Crippen LogP contribution in [0.15, 0.2) is 60.7 Å². The molecule has 0 aliphatic rings. The lowest BCUT2D eigenvalue weighted by molar-refractivity contribution is -0.151. The lowest BCUT2D eigenvalue weighted by Gasteiger charge is -2.19. The molecule has 1 N–H and O–H groups in total.